The summed E-state index contributed by atoms with van der Waals surface area (Å²) in [6, 6.07) is 16.7. The van der Waals surface area contributed by atoms with Crippen LogP contribution in [0.2, 0.25) is 5.02 Å². The van der Waals surface area contributed by atoms with Crippen LogP contribution in [-0.2, 0) is 4.79 Å². The van der Waals surface area contributed by atoms with Crippen LogP contribution in [0.15, 0.2) is 72.1 Å². The standard InChI is InChI=1S/C18H15ClN4O2/c19-16-8-4-5-9-17(16)25-13-18(24)22-20-10-14-11-21-23(12-14)15-6-2-1-3-7-15/h1-12H,13H2,(H,22,24)/b20-10-. The maximum atomic E-state index is 11.7. The molecule has 2 aromatic carbocycles. The van der Waals surface area contributed by atoms with Crippen LogP contribution in [0.4, 0.5) is 0 Å². The van der Waals surface area contributed by atoms with Gasteiger partial charge >= 0.3 is 0 Å². The molecule has 6 nitrogen and oxygen atoms in total. The number of nitrogens with zero attached hydrogens (tertiary/aromatic N) is 3. The van der Waals surface area contributed by atoms with Gasteiger partial charge in [0.1, 0.15) is 5.75 Å². The minimum atomic E-state index is -0.383. The summed E-state index contributed by atoms with van der Waals surface area (Å²) in [7, 11) is 0. The van der Waals surface area contributed by atoms with Crippen LogP contribution in [0.1, 0.15) is 5.56 Å². The van der Waals surface area contributed by atoms with E-state index in [4.69, 9.17) is 16.3 Å². The second-order valence-corrected chi connectivity index (χ2v) is 5.47. The topological polar surface area (TPSA) is 68.5 Å². The Morgan fingerprint density at radius 1 is 1.20 bits per heavy atom. The molecule has 0 radical (unpaired) electrons. The van der Waals surface area contributed by atoms with Gasteiger partial charge in [0.2, 0.25) is 0 Å². The van der Waals surface area contributed by atoms with E-state index in [1.165, 1.54) is 6.21 Å². The predicted molar refractivity (Wildman–Crippen MR) is 96.2 cm³/mol. The first-order valence-electron chi connectivity index (χ1n) is 7.52. The number of carbonyl (C=O) groups excluding carboxylic acids is 1. The van der Waals surface area contributed by atoms with Gasteiger partial charge in [0, 0.05) is 11.8 Å². The molecular formula is C18H15ClN4O2. The van der Waals surface area contributed by atoms with Gasteiger partial charge in [-0.25, -0.2) is 10.1 Å². The molecule has 0 aliphatic carbocycles. The molecule has 0 saturated heterocycles. The molecular weight excluding hydrogens is 340 g/mol. The lowest BCUT2D eigenvalue weighted by Crippen LogP contribution is -2.24. The smallest absolute Gasteiger partial charge is 0.277 e. The van der Waals surface area contributed by atoms with Gasteiger partial charge < -0.3 is 4.74 Å². The molecule has 126 valence electrons. The van der Waals surface area contributed by atoms with E-state index in [-0.39, 0.29) is 12.5 Å². The molecule has 0 unspecified atom stereocenters. The minimum absolute atomic E-state index is 0.176. The third-order valence-corrected chi connectivity index (χ3v) is 3.53. The number of halogens is 1. The van der Waals surface area contributed by atoms with Crippen LogP contribution in [0.5, 0.6) is 5.75 Å². The van der Waals surface area contributed by atoms with Gasteiger partial charge in [0.25, 0.3) is 5.91 Å². The number of rotatable bonds is 6. The quantitative estimate of drug-likeness (QED) is 0.546. The minimum Gasteiger partial charge on any atom is -0.482 e. The zero-order chi connectivity index (χ0) is 17.5. The van der Waals surface area contributed by atoms with Gasteiger partial charge in [-0.05, 0) is 24.3 Å². The molecule has 0 atom stereocenters. The van der Waals surface area contributed by atoms with Crippen molar-refractivity contribution in [2.75, 3.05) is 6.61 Å². The van der Waals surface area contributed by atoms with E-state index in [1.54, 1.807) is 35.1 Å². The van der Waals surface area contributed by atoms with Crippen LogP contribution < -0.4 is 10.2 Å². The zero-order valence-electron chi connectivity index (χ0n) is 13.2. The molecule has 7 heteroatoms. The summed E-state index contributed by atoms with van der Waals surface area (Å²) in [5.41, 5.74) is 4.10. The average Bonchev–Trinajstić information content (AvgIpc) is 3.11. The molecule has 3 aromatic rings. The van der Waals surface area contributed by atoms with Crippen molar-refractivity contribution >= 4 is 23.7 Å². The van der Waals surface area contributed by atoms with Crippen molar-refractivity contribution in [3.05, 3.63) is 77.6 Å². The van der Waals surface area contributed by atoms with Crippen molar-refractivity contribution in [2.24, 2.45) is 5.10 Å². The molecule has 0 fully saturated rings. The average molecular weight is 355 g/mol. The number of amides is 1. The maximum absolute atomic E-state index is 11.7. The van der Waals surface area contributed by atoms with Gasteiger partial charge in [0.15, 0.2) is 6.61 Å². The summed E-state index contributed by atoms with van der Waals surface area (Å²) in [5, 5.41) is 8.59. The second kappa shape index (κ2) is 8.12. The summed E-state index contributed by atoms with van der Waals surface area (Å²) in [6.07, 6.45) is 4.98. The van der Waals surface area contributed by atoms with E-state index in [1.807, 2.05) is 36.5 Å². The molecule has 25 heavy (non-hydrogen) atoms. The third-order valence-electron chi connectivity index (χ3n) is 3.22. The fourth-order valence-corrected chi connectivity index (χ4v) is 2.23. The third kappa shape index (κ3) is 4.68. The fraction of sp³-hybridized carbons (Fsp3) is 0.0556. The first kappa shape index (κ1) is 16.7. The van der Waals surface area contributed by atoms with Crippen LogP contribution in [0, 0.1) is 0 Å². The van der Waals surface area contributed by atoms with Crippen molar-refractivity contribution in [1.29, 1.82) is 0 Å². The van der Waals surface area contributed by atoms with E-state index in [9.17, 15) is 4.79 Å². The number of hydrogen-bond donors (Lipinski definition) is 1. The Morgan fingerprint density at radius 3 is 2.76 bits per heavy atom. The van der Waals surface area contributed by atoms with Gasteiger partial charge in [-0.3, -0.25) is 4.79 Å². The number of carbonyl (C=O) groups is 1. The van der Waals surface area contributed by atoms with Crippen LogP contribution in [-0.4, -0.2) is 28.5 Å². The molecule has 0 saturated carbocycles. The van der Waals surface area contributed by atoms with Crippen LogP contribution in [0.25, 0.3) is 5.69 Å². The second-order valence-electron chi connectivity index (χ2n) is 5.07. The monoisotopic (exact) mass is 354 g/mol. The van der Waals surface area contributed by atoms with Gasteiger partial charge in [-0.2, -0.15) is 10.2 Å². The lowest BCUT2D eigenvalue weighted by atomic mass is 10.3. The number of ether oxygens (including phenoxy) is 1. The molecule has 1 aromatic heterocycles. The number of hydrazone groups is 1. The number of aromatic nitrogens is 2. The molecule has 0 aliphatic heterocycles. The number of para-hydroxylation sites is 2. The van der Waals surface area contributed by atoms with E-state index in [0.29, 0.717) is 10.8 Å². The Labute approximate surface area is 149 Å². The Hall–Kier alpha value is -3.12. The maximum Gasteiger partial charge on any atom is 0.277 e. The van der Waals surface area contributed by atoms with E-state index in [2.05, 4.69) is 15.6 Å². The number of hydrogen-bond acceptors (Lipinski definition) is 4. The summed E-state index contributed by atoms with van der Waals surface area (Å²) < 4.78 is 7.05. The number of benzene rings is 2. The lowest BCUT2D eigenvalue weighted by molar-refractivity contribution is -0.123. The lowest BCUT2D eigenvalue weighted by Gasteiger charge is -2.06. The normalized spacial score (nSPS) is 10.8. The summed E-state index contributed by atoms with van der Waals surface area (Å²) >= 11 is 5.95. The van der Waals surface area contributed by atoms with Crippen molar-refractivity contribution in [3.8, 4) is 11.4 Å². The first-order valence-corrected chi connectivity index (χ1v) is 7.89. The molecule has 1 amide bonds. The van der Waals surface area contributed by atoms with Crippen molar-refractivity contribution in [1.82, 2.24) is 15.2 Å². The summed E-state index contributed by atoms with van der Waals surface area (Å²) in [4.78, 5) is 11.7. The molecule has 0 bridgehead atoms. The van der Waals surface area contributed by atoms with Crippen LogP contribution >= 0.6 is 11.6 Å². The molecule has 0 spiro atoms. The number of nitrogens with one attached hydrogen (secondary N) is 1. The van der Waals surface area contributed by atoms with E-state index < -0.39 is 0 Å². The molecule has 0 aliphatic rings. The largest absolute Gasteiger partial charge is 0.482 e. The Morgan fingerprint density at radius 2 is 1.96 bits per heavy atom. The Bertz CT molecular complexity index is 878. The van der Waals surface area contributed by atoms with Crippen molar-refractivity contribution < 1.29 is 9.53 Å². The first-order chi connectivity index (χ1) is 12.2. The highest BCUT2D eigenvalue weighted by Gasteiger charge is 2.04. The van der Waals surface area contributed by atoms with Crippen molar-refractivity contribution in [3.63, 3.8) is 0 Å². The summed E-state index contributed by atoms with van der Waals surface area (Å²) in [5.74, 6) is 0.0686. The van der Waals surface area contributed by atoms with Gasteiger partial charge in [0.05, 0.1) is 23.1 Å². The van der Waals surface area contributed by atoms with Gasteiger partial charge in [-0.15, -0.1) is 0 Å². The van der Waals surface area contributed by atoms with E-state index in [0.717, 1.165) is 11.3 Å². The summed E-state index contributed by atoms with van der Waals surface area (Å²) in [6.45, 7) is -0.176. The van der Waals surface area contributed by atoms with Crippen LogP contribution in [0.3, 0.4) is 0 Å². The molecule has 3 rings (SSSR count). The Kier molecular flexibility index (Phi) is 5.43. The highest BCUT2D eigenvalue weighted by atomic mass is 35.5. The van der Waals surface area contributed by atoms with Crippen molar-refractivity contribution in [2.45, 2.75) is 0 Å². The highest BCUT2D eigenvalue weighted by Crippen LogP contribution is 2.22. The molecule has 1 heterocycles. The van der Waals surface area contributed by atoms with E-state index >= 15 is 0 Å². The van der Waals surface area contributed by atoms with Gasteiger partial charge in [-0.1, -0.05) is 41.9 Å². The molecule has 1 N–H and O–H groups in total. The fourth-order valence-electron chi connectivity index (χ4n) is 2.04. The predicted octanol–water partition coefficient (Wildman–Crippen LogP) is 3.05. The Balaban J connectivity index is 1.51. The SMILES string of the molecule is O=C(COc1ccccc1Cl)N/N=C\c1cnn(-c2ccccc2)c1. The highest BCUT2D eigenvalue weighted by molar-refractivity contribution is 6.32. The zero-order valence-corrected chi connectivity index (χ0v) is 13.9.